The molecule has 1 amide bonds. The van der Waals surface area contributed by atoms with Gasteiger partial charge in [0, 0.05) is 18.5 Å². The quantitative estimate of drug-likeness (QED) is 0.857. The van der Waals surface area contributed by atoms with Gasteiger partial charge in [0.05, 0.1) is 6.04 Å². The van der Waals surface area contributed by atoms with Crippen molar-refractivity contribution in [3.8, 4) is 0 Å². The lowest BCUT2D eigenvalue weighted by Gasteiger charge is -2.24. The largest absolute Gasteiger partial charge is 0.360 e. The Balaban J connectivity index is 1.82. The molecule has 1 atom stereocenters. The molecule has 3 rings (SSSR count). The van der Waals surface area contributed by atoms with Gasteiger partial charge in [0.15, 0.2) is 5.69 Å². The van der Waals surface area contributed by atoms with E-state index < -0.39 is 0 Å². The van der Waals surface area contributed by atoms with Gasteiger partial charge in [-0.25, -0.2) is 0 Å². The highest BCUT2D eigenvalue weighted by atomic mass is 16.5. The molecule has 1 fully saturated rings. The number of aromatic nitrogens is 1. The van der Waals surface area contributed by atoms with E-state index in [1.807, 2.05) is 18.7 Å². The molecular weight excluding hydrogens is 276 g/mol. The Hall–Kier alpha value is -2.10. The van der Waals surface area contributed by atoms with Gasteiger partial charge < -0.3 is 9.42 Å². The monoisotopic (exact) mass is 298 g/mol. The maximum absolute atomic E-state index is 12.7. The highest BCUT2D eigenvalue weighted by Gasteiger charge is 2.32. The van der Waals surface area contributed by atoms with Gasteiger partial charge in [-0.05, 0) is 25.3 Å². The zero-order valence-corrected chi connectivity index (χ0v) is 13.4. The van der Waals surface area contributed by atoms with Crippen LogP contribution in [0.4, 0.5) is 0 Å². The summed E-state index contributed by atoms with van der Waals surface area (Å²) in [5, 5.41) is 3.96. The van der Waals surface area contributed by atoms with Gasteiger partial charge in [0.2, 0.25) is 0 Å². The Labute approximate surface area is 131 Å². The predicted octanol–water partition coefficient (Wildman–Crippen LogP) is 4.08. The van der Waals surface area contributed by atoms with E-state index in [0.29, 0.717) is 5.69 Å². The maximum Gasteiger partial charge on any atom is 0.276 e. The van der Waals surface area contributed by atoms with Crippen LogP contribution in [0.2, 0.25) is 0 Å². The third-order valence-electron chi connectivity index (χ3n) is 4.29. The molecule has 2 aromatic rings. The molecule has 1 aliphatic rings. The smallest absolute Gasteiger partial charge is 0.276 e. The van der Waals surface area contributed by atoms with E-state index in [1.165, 1.54) is 11.1 Å². The van der Waals surface area contributed by atoms with E-state index in [-0.39, 0.29) is 17.9 Å². The zero-order chi connectivity index (χ0) is 15.7. The van der Waals surface area contributed by atoms with Crippen LogP contribution in [0.1, 0.15) is 66.0 Å². The lowest BCUT2D eigenvalue weighted by molar-refractivity contribution is 0.0725. The Morgan fingerprint density at radius 1 is 1.32 bits per heavy atom. The molecular formula is C18H22N2O2. The number of nitrogens with zero attached hydrogens (tertiary/aromatic N) is 2. The summed E-state index contributed by atoms with van der Waals surface area (Å²) in [6.07, 6.45) is 2.03. The summed E-state index contributed by atoms with van der Waals surface area (Å²) < 4.78 is 5.27. The van der Waals surface area contributed by atoms with Gasteiger partial charge >= 0.3 is 0 Å². The standard InChI is InChI=1S/C18H22N2O2/c1-12(2)17-11-15(19-22-17)18(21)20-10-4-5-16(20)14-8-6-13(3)7-9-14/h6-9,11-12,16H,4-5,10H2,1-3H3/t16-/m0/s1. The molecule has 0 radical (unpaired) electrons. The van der Waals surface area contributed by atoms with E-state index in [0.717, 1.165) is 25.1 Å². The van der Waals surface area contributed by atoms with Gasteiger partial charge in [-0.3, -0.25) is 4.79 Å². The number of hydrogen-bond donors (Lipinski definition) is 0. The first kappa shape index (κ1) is 14.8. The third kappa shape index (κ3) is 2.78. The van der Waals surface area contributed by atoms with Crippen LogP contribution in [0.3, 0.4) is 0 Å². The van der Waals surface area contributed by atoms with Crippen LogP contribution in [0.25, 0.3) is 0 Å². The minimum Gasteiger partial charge on any atom is -0.360 e. The molecule has 1 aliphatic heterocycles. The number of aryl methyl sites for hydroxylation is 1. The Morgan fingerprint density at radius 2 is 2.05 bits per heavy atom. The normalized spacial score (nSPS) is 18.2. The van der Waals surface area contributed by atoms with Crippen LogP contribution in [0, 0.1) is 6.92 Å². The van der Waals surface area contributed by atoms with E-state index >= 15 is 0 Å². The van der Waals surface area contributed by atoms with Gasteiger partial charge in [-0.15, -0.1) is 0 Å². The molecule has 0 unspecified atom stereocenters. The Kier molecular flexibility index (Phi) is 4.01. The van der Waals surface area contributed by atoms with E-state index in [9.17, 15) is 4.79 Å². The average Bonchev–Trinajstić information content (AvgIpc) is 3.17. The first-order valence-corrected chi connectivity index (χ1v) is 7.90. The lowest BCUT2D eigenvalue weighted by Crippen LogP contribution is -2.30. The second-order valence-electron chi connectivity index (χ2n) is 6.34. The van der Waals surface area contributed by atoms with Crippen molar-refractivity contribution in [2.24, 2.45) is 0 Å². The van der Waals surface area contributed by atoms with Gasteiger partial charge in [-0.2, -0.15) is 0 Å². The van der Waals surface area contributed by atoms with Crippen molar-refractivity contribution in [2.75, 3.05) is 6.54 Å². The number of carbonyl (C=O) groups excluding carboxylic acids is 1. The van der Waals surface area contributed by atoms with Crippen LogP contribution in [-0.4, -0.2) is 22.5 Å². The molecule has 1 aromatic heterocycles. The van der Waals surface area contributed by atoms with Crippen LogP contribution in [-0.2, 0) is 0 Å². The van der Waals surface area contributed by atoms with Crippen molar-refractivity contribution in [1.29, 1.82) is 0 Å². The van der Waals surface area contributed by atoms with Crippen molar-refractivity contribution >= 4 is 5.91 Å². The Morgan fingerprint density at radius 3 is 2.68 bits per heavy atom. The van der Waals surface area contributed by atoms with E-state index in [4.69, 9.17) is 4.52 Å². The molecule has 1 saturated heterocycles. The fraction of sp³-hybridized carbons (Fsp3) is 0.444. The highest BCUT2D eigenvalue weighted by Crippen LogP contribution is 2.33. The number of likely N-dealkylation sites (tertiary alicyclic amines) is 1. The molecule has 4 nitrogen and oxygen atoms in total. The predicted molar refractivity (Wildman–Crippen MR) is 84.8 cm³/mol. The molecule has 4 heteroatoms. The lowest BCUT2D eigenvalue weighted by atomic mass is 10.0. The molecule has 0 N–H and O–H groups in total. The molecule has 0 saturated carbocycles. The fourth-order valence-corrected chi connectivity index (χ4v) is 2.95. The number of rotatable bonds is 3. The minimum atomic E-state index is -0.0290. The van der Waals surface area contributed by atoms with Crippen molar-refractivity contribution in [3.63, 3.8) is 0 Å². The van der Waals surface area contributed by atoms with Crippen molar-refractivity contribution in [2.45, 2.75) is 45.6 Å². The van der Waals surface area contributed by atoms with Crippen molar-refractivity contribution in [1.82, 2.24) is 10.1 Å². The number of benzene rings is 1. The summed E-state index contributed by atoms with van der Waals surface area (Å²) in [5.41, 5.74) is 2.85. The zero-order valence-electron chi connectivity index (χ0n) is 13.4. The van der Waals surface area contributed by atoms with Gasteiger partial charge in [0.1, 0.15) is 5.76 Å². The third-order valence-corrected chi connectivity index (χ3v) is 4.29. The molecule has 22 heavy (non-hydrogen) atoms. The molecule has 0 aliphatic carbocycles. The summed E-state index contributed by atoms with van der Waals surface area (Å²) in [5.74, 6) is 0.966. The van der Waals surface area contributed by atoms with Crippen LogP contribution in [0.5, 0.6) is 0 Å². The molecule has 116 valence electrons. The molecule has 2 heterocycles. The summed E-state index contributed by atoms with van der Waals surface area (Å²) in [6.45, 7) is 6.91. The summed E-state index contributed by atoms with van der Waals surface area (Å²) in [6, 6.07) is 10.4. The topological polar surface area (TPSA) is 46.3 Å². The van der Waals surface area contributed by atoms with Crippen LogP contribution < -0.4 is 0 Å². The van der Waals surface area contributed by atoms with Gasteiger partial charge in [-0.1, -0.05) is 48.8 Å². The number of carbonyl (C=O) groups is 1. The van der Waals surface area contributed by atoms with E-state index in [2.05, 4.69) is 36.3 Å². The first-order chi connectivity index (χ1) is 10.6. The summed E-state index contributed by atoms with van der Waals surface area (Å²) in [7, 11) is 0. The average molecular weight is 298 g/mol. The first-order valence-electron chi connectivity index (χ1n) is 7.90. The second kappa shape index (κ2) is 5.95. The molecule has 0 spiro atoms. The minimum absolute atomic E-state index is 0.0290. The maximum atomic E-state index is 12.7. The Bertz CT molecular complexity index is 658. The van der Waals surface area contributed by atoms with Crippen molar-refractivity contribution in [3.05, 3.63) is 52.9 Å². The van der Waals surface area contributed by atoms with Crippen LogP contribution in [0.15, 0.2) is 34.9 Å². The van der Waals surface area contributed by atoms with Crippen molar-refractivity contribution < 1.29 is 9.32 Å². The summed E-state index contributed by atoms with van der Waals surface area (Å²) >= 11 is 0. The van der Waals surface area contributed by atoms with Gasteiger partial charge in [0.25, 0.3) is 5.91 Å². The summed E-state index contributed by atoms with van der Waals surface area (Å²) in [4.78, 5) is 14.7. The number of amides is 1. The molecule has 0 bridgehead atoms. The number of hydrogen-bond acceptors (Lipinski definition) is 3. The highest BCUT2D eigenvalue weighted by molar-refractivity contribution is 5.92. The van der Waals surface area contributed by atoms with E-state index in [1.54, 1.807) is 6.07 Å². The second-order valence-corrected chi connectivity index (χ2v) is 6.34. The van der Waals surface area contributed by atoms with Crippen LogP contribution >= 0.6 is 0 Å². The SMILES string of the molecule is Cc1ccc([C@@H]2CCCN2C(=O)c2cc(C(C)C)on2)cc1. The molecule has 1 aromatic carbocycles. The fourth-order valence-electron chi connectivity index (χ4n) is 2.95.